The minimum Gasteiger partial charge on any atom is -0.455 e. The van der Waals surface area contributed by atoms with Crippen LogP contribution in [0, 0.1) is 0 Å². The number of cyclic esters (lactones) is 1. The fraction of sp³-hybridized carbons (Fsp3) is 0.481. The van der Waals surface area contributed by atoms with Crippen LogP contribution in [0.3, 0.4) is 0 Å². The Bertz CT molecular complexity index is 1540. The summed E-state index contributed by atoms with van der Waals surface area (Å²) in [6, 6.07) is 5.40. The SMILES string of the molecule is C[C@@H]1c2nc(Nc3cc4c(C(C)(C)N)cnc(N[C@H]5C[C@@H](S(C)(=O)=O)C5)c4cn3)ccc2C(=O)OC1(C)C. The van der Waals surface area contributed by atoms with Crippen LogP contribution in [0.1, 0.15) is 75.0 Å². The van der Waals surface area contributed by atoms with E-state index in [-0.39, 0.29) is 23.2 Å². The number of nitrogens with two attached hydrogens (primary N) is 1. The number of anilines is 3. The normalized spacial score (nSPS) is 22.8. The molecule has 5 rings (SSSR count). The van der Waals surface area contributed by atoms with E-state index in [4.69, 9.17) is 15.5 Å². The first-order valence-corrected chi connectivity index (χ1v) is 14.6. The van der Waals surface area contributed by atoms with Crippen molar-refractivity contribution in [1.82, 2.24) is 15.0 Å². The molecule has 0 saturated heterocycles. The number of hydrogen-bond donors (Lipinski definition) is 3. The molecule has 3 aromatic heterocycles. The smallest absolute Gasteiger partial charge is 0.340 e. The molecule has 0 unspecified atom stereocenters. The van der Waals surface area contributed by atoms with Crippen LogP contribution in [0.2, 0.25) is 0 Å². The maximum atomic E-state index is 12.4. The highest BCUT2D eigenvalue weighted by atomic mass is 32.2. The number of sulfone groups is 1. The van der Waals surface area contributed by atoms with Crippen LogP contribution < -0.4 is 16.4 Å². The Morgan fingerprint density at radius 2 is 1.82 bits per heavy atom. The van der Waals surface area contributed by atoms with Gasteiger partial charge in [0.1, 0.15) is 32.9 Å². The van der Waals surface area contributed by atoms with E-state index in [9.17, 15) is 13.2 Å². The molecule has 0 amide bonds. The van der Waals surface area contributed by atoms with Gasteiger partial charge in [0.05, 0.1) is 16.5 Å². The zero-order valence-electron chi connectivity index (χ0n) is 22.5. The molecule has 1 aliphatic carbocycles. The number of carbonyl (C=O) groups is 1. The molecule has 202 valence electrons. The van der Waals surface area contributed by atoms with Crippen LogP contribution in [0.5, 0.6) is 0 Å². The van der Waals surface area contributed by atoms with Gasteiger partial charge in [-0.25, -0.2) is 28.2 Å². The Morgan fingerprint density at radius 1 is 1.11 bits per heavy atom. The molecule has 4 N–H and O–H groups in total. The standard InChI is InChI=1S/C27H34N6O4S/c1-14-23-17(25(34)37-27(14,4)5)7-8-21(33-23)32-22-11-18-19(12-29-22)24(30-13-20(18)26(2,3)28)31-15-9-16(10-15)38(6,35)36/h7-8,11-16H,9-10,28H2,1-6H3,(H,30,31)(H,29,32,33)/t14-,15-,16+/m1/s1. The molecular weight excluding hydrogens is 504 g/mol. The largest absolute Gasteiger partial charge is 0.455 e. The van der Waals surface area contributed by atoms with Gasteiger partial charge < -0.3 is 21.1 Å². The lowest BCUT2D eigenvalue weighted by molar-refractivity contribution is -0.0189. The molecule has 1 fully saturated rings. The summed E-state index contributed by atoms with van der Waals surface area (Å²) in [7, 11) is -3.04. The first-order valence-electron chi connectivity index (χ1n) is 12.7. The van der Waals surface area contributed by atoms with Crippen molar-refractivity contribution in [2.24, 2.45) is 5.73 Å². The van der Waals surface area contributed by atoms with Crippen LogP contribution in [-0.4, -0.2) is 52.5 Å². The third-order valence-corrected chi connectivity index (χ3v) is 9.31. The van der Waals surface area contributed by atoms with Gasteiger partial charge in [-0.2, -0.15) is 0 Å². The fourth-order valence-corrected chi connectivity index (χ4v) is 6.11. The second kappa shape index (κ2) is 8.88. The quantitative estimate of drug-likeness (QED) is 0.393. The topological polar surface area (TPSA) is 149 Å². The molecule has 1 atom stereocenters. The third-order valence-electron chi connectivity index (χ3n) is 7.72. The molecule has 1 saturated carbocycles. The summed E-state index contributed by atoms with van der Waals surface area (Å²) in [4.78, 5) is 26.4. The zero-order chi connectivity index (χ0) is 27.6. The molecule has 1 aliphatic heterocycles. The maximum Gasteiger partial charge on any atom is 0.340 e. The van der Waals surface area contributed by atoms with E-state index in [0.717, 1.165) is 16.3 Å². The average Bonchev–Trinajstić information content (AvgIpc) is 2.77. The monoisotopic (exact) mass is 538 g/mol. The molecule has 0 aromatic carbocycles. The molecule has 38 heavy (non-hydrogen) atoms. The van der Waals surface area contributed by atoms with Gasteiger partial charge in [-0.05, 0) is 69.7 Å². The van der Waals surface area contributed by atoms with Gasteiger partial charge in [-0.3, -0.25) is 0 Å². The van der Waals surface area contributed by atoms with Gasteiger partial charge in [0.25, 0.3) is 0 Å². The van der Waals surface area contributed by atoms with Gasteiger partial charge in [0.15, 0.2) is 0 Å². The highest BCUT2D eigenvalue weighted by molar-refractivity contribution is 7.91. The van der Waals surface area contributed by atoms with E-state index in [0.29, 0.717) is 41.6 Å². The van der Waals surface area contributed by atoms with Crippen LogP contribution in [0.25, 0.3) is 10.8 Å². The van der Waals surface area contributed by atoms with Crippen molar-refractivity contribution in [3.8, 4) is 0 Å². The first kappa shape index (κ1) is 26.3. The van der Waals surface area contributed by atoms with E-state index in [1.165, 1.54) is 6.26 Å². The predicted octanol–water partition coefficient (Wildman–Crippen LogP) is 4.00. The van der Waals surface area contributed by atoms with Gasteiger partial charge in [-0.15, -0.1) is 0 Å². The van der Waals surface area contributed by atoms with Gasteiger partial charge in [0, 0.05) is 41.5 Å². The summed E-state index contributed by atoms with van der Waals surface area (Å²) >= 11 is 0. The van der Waals surface area contributed by atoms with Gasteiger partial charge in [-0.1, -0.05) is 6.92 Å². The summed E-state index contributed by atoms with van der Waals surface area (Å²) in [6.45, 7) is 9.59. The number of fused-ring (bicyclic) bond motifs is 2. The number of pyridine rings is 3. The minimum absolute atomic E-state index is 0.0255. The molecule has 4 heterocycles. The molecule has 11 heteroatoms. The number of rotatable bonds is 6. The lowest BCUT2D eigenvalue weighted by Crippen LogP contribution is -2.43. The molecule has 0 bridgehead atoms. The fourth-order valence-electron chi connectivity index (χ4n) is 4.95. The van der Waals surface area contributed by atoms with Crippen LogP contribution in [0.15, 0.2) is 30.6 Å². The van der Waals surface area contributed by atoms with Crippen LogP contribution in [0.4, 0.5) is 17.5 Å². The molecular formula is C27H34N6O4S. The Labute approximate surface area is 222 Å². The van der Waals surface area contributed by atoms with E-state index < -0.39 is 21.0 Å². The van der Waals surface area contributed by atoms with Crippen molar-refractivity contribution in [1.29, 1.82) is 0 Å². The Hall–Kier alpha value is -3.31. The zero-order valence-corrected chi connectivity index (χ0v) is 23.3. The van der Waals surface area contributed by atoms with Crippen molar-refractivity contribution in [3.05, 3.63) is 47.4 Å². The Morgan fingerprint density at radius 3 is 2.47 bits per heavy atom. The van der Waals surface area contributed by atoms with E-state index >= 15 is 0 Å². The van der Waals surface area contributed by atoms with E-state index in [2.05, 4.69) is 20.6 Å². The molecule has 10 nitrogen and oxygen atoms in total. The van der Waals surface area contributed by atoms with Crippen molar-refractivity contribution in [3.63, 3.8) is 0 Å². The predicted molar refractivity (Wildman–Crippen MR) is 147 cm³/mol. The van der Waals surface area contributed by atoms with E-state index in [1.807, 2.05) is 40.7 Å². The highest BCUT2D eigenvalue weighted by Crippen LogP contribution is 2.38. The molecule has 3 aromatic rings. The maximum absolute atomic E-state index is 12.4. The highest BCUT2D eigenvalue weighted by Gasteiger charge is 2.40. The number of aromatic nitrogens is 3. The van der Waals surface area contributed by atoms with Crippen LogP contribution >= 0.6 is 0 Å². The number of hydrogen-bond acceptors (Lipinski definition) is 10. The Kier molecular flexibility index (Phi) is 6.14. The average molecular weight is 539 g/mol. The Balaban J connectivity index is 1.47. The summed E-state index contributed by atoms with van der Waals surface area (Å²) in [5.41, 5.74) is 7.17. The second-order valence-electron chi connectivity index (χ2n) is 11.6. The molecule has 2 aliphatic rings. The van der Waals surface area contributed by atoms with Gasteiger partial charge >= 0.3 is 5.97 Å². The number of nitrogens with one attached hydrogen (secondary N) is 2. The minimum atomic E-state index is -3.04. The van der Waals surface area contributed by atoms with Gasteiger partial charge in [0.2, 0.25) is 0 Å². The van der Waals surface area contributed by atoms with E-state index in [1.54, 1.807) is 24.5 Å². The summed E-state index contributed by atoms with van der Waals surface area (Å²) < 4.78 is 29.2. The first-order chi connectivity index (χ1) is 17.6. The van der Waals surface area contributed by atoms with Crippen LogP contribution in [-0.2, 0) is 20.1 Å². The van der Waals surface area contributed by atoms with Crippen molar-refractivity contribution >= 4 is 44.0 Å². The number of ether oxygens (including phenoxy) is 1. The third kappa shape index (κ3) is 4.80. The number of esters is 1. The molecule has 0 radical (unpaired) electrons. The molecule has 0 spiro atoms. The summed E-state index contributed by atoms with van der Waals surface area (Å²) in [5.74, 6) is 1.32. The summed E-state index contributed by atoms with van der Waals surface area (Å²) in [6.07, 6.45) is 5.87. The lowest BCUT2D eigenvalue weighted by atomic mass is 9.84. The lowest BCUT2D eigenvalue weighted by Gasteiger charge is -2.36. The second-order valence-corrected chi connectivity index (χ2v) is 13.9. The van der Waals surface area contributed by atoms with Crippen molar-refractivity contribution < 1.29 is 17.9 Å². The van der Waals surface area contributed by atoms with Crippen molar-refractivity contribution in [2.75, 3.05) is 16.9 Å². The number of nitrogens with zero attached hydrogens (tertiary/aromatic N) is 3. The number of carbonyl (C=O) groups excluding carboxylic acids is 1. The summed E-state index contributed by atoms with van der Waals surface area (Å²) in [5, 5.41) is 8.02. The van der Waals surface area contributed by atoms with Crippen molar-refractivity contribution in [2.45, 2.75) is 75.8 Å².